The molecule has 0 radical (unpaired) electrons. The number of rotatable bonds is 6. The van der Waals surface area contributed by atoms with Crippen molar-refractivity contribution in [2.45, 2.75) is 24.4 Å². The minimum Gasteiger partial charge on any atom is -0.371 e. The van der Waals surface area contributed by atoms with Gasteiger partial charge in [0.05, 0.1) is 19.8 Å². The summed E-state index contributed by atoms with van der Waals surface area (Å²) in [5.41, 5.74) is 4.90. The van der Waals surface area contributed by atoms with E-state index in [1.165, 1.54) is 0 Å². The average Bonchev–Trinajstić information content (AvgIpc) is 2.88. The maximum Gasteiger partial charge on any atom is 0.312 e. The average molecular weight is 277 g/mol. The number of nitrogens with zero attached hydrogens (tertiary/aromatic N) is 1. The number of hydrogen-bond donors (Lipinski definition) is 2. The summed E-state index contributed by atoms with van der Waals surface area (Å²) in [4.78, 5) is 25.2. The van der Waals surface area contributed by atoms with Crippen molar-refractivity contribution in [1.29, 1.82) is 0 Å². The van der Waals surface area contributed by atoms with Crippen LogP contribution in [0.2, 0.25) is 0 Å². The summed E-state index contributed by atoms with van der Waals surface area (Å²) in [5.74, 6) is 0. The molecule has 2 aliphatic heterocycles. The predicted molar refractivity (Wildman–Crippen MR) is 58.7 cm³/mol. The number of urea groups is 1. The molecule has 2 fully saturated rings. The van der Waals surface area contributed by atoms with Crippen LogP contribution in [0.1, 0.15) is 0 Å². The lowest BCUT2D eigenvalue weighted by Crippen LogP contribution is -2.37. The third-order valence-electron chi connectivity index (χ3n) is 2.92. The van der Waals surface area contributed by atoms with Gasteiger partial charge in [0.25, 0.3) is 5.09 Å². The Hall–Kier alpha value is -1.65. The minimum absolute atomic E-state index is 0.0930. The number of hydrogen-bond acceptors (Lipinski definition) is 7. The van der Waals surface area contributed by atoms with E-state index in [0.29, 0.717) is 0 Å². The number of fused-ring (bicyclic) bond motifs is 1. The second kappa shape index (κ2) is 5.99. The first kappa shape index (κ1) is 13.8. The number of ether oxygens (including phenoxy) is 3. The second-order valence-corrected chi connectivity index (χ2v) is 4.16. The fourth-order valence-electron chi connectivity index (χ4n) is 2.16. The topological polar surface area (TPSA) is 135 Å². The first-order valence-corrected chi connectivity index (χ1v) is 5.77. The molecule has 0 aromatic rings. The van der Waals surface area contributed by atoms with Gasteiger partial charge in [-0.1, -0.05) is 0 Å². The molecule has 0 aromatic heterocycles. The number of carbonyl (C=O) groups excluding carboxylic acids is 1. The zero-order valence-corrected chi connectivity index (χ0v) is 10.0. The Morgan fingerprint density at radius 3 is 2.63 bits per heavy atom. The Bertz CT molecular complexity index is 353. The smallest absolute Gasteiger partial charge is 0.312 e. The van der Waals surface area contributed by atoms with Gasteiger partial charge in [0.2, 0.25) is 0 Å². The van der Waals surface area contributed by atoms with Gasteiger partial charge in [-0.3, -0.25) is 0 Å². The minimum atomic E-state index is -0.856. The Morgan fingerprint density at radius 2 is 2.00 bits per heavy atom. The Morgan fingerprint density at radius 1 is 1.37 bits per heavy atom. The normalized spacial score (nSPS) is 32.8. The Balaban J connectivity index is 1.74. The highest BCUT2D eigenvalue weighted by Gasteiger charge is 2.49. The van der Waals surface area contributed by atoms with Crippen LogP contribution in [0.5, 0.6) is 0 Å². The number of amides is 2. The molecule has 3 N–H and O–H groups in total. The lowest BCUT2D eigenvalue weighted by atomic mass is 10.1. The van der Waals surface area contributed by atoms with Crippen molar-refractivity contribution in [3.8, 4) is 0 Å². The second-order valence-electron chi connectivity index (χ2n) is 4.16. The number of nitrogens with one attached hydrogen (secondary N) is 1. The predicted octanol–water partition coefficient (Wildman–Crippen LogP) is -1.59. The highest BCUT2D eigenvalue weighted by Crippen LogP contribution is 2.30. The number of carbonyl (C=O) groups is 1. The molecule has 0 aliphatic carbocycles. The van der Waals surface area contributed by atoms with E-state index in [1.54, 1.807) is 0 Å². The molecule has 2 heterocycles. The van der Waals surface area contributed by atoms with Crippen molar-refractivity contribution in [1.82, 2.24) is 5.32 Å². The van der Waals surface area contributed by atoms with E-state index in [9.17, 15) is 14.9 Å². The van der Waals surface area contributed by atoms with Crippen molar-refractivity contribution >= 4 is 6.03 Å². The molecule has 2 aliphatic rings. The van der Waals surface area contributed by atoms with Gasteiger partial charge in [0.1, 0.15) is 18.3 Å². The van der Waals surface area contributed by atoms with E-state index in [1.807, 2.05) is 0 Å². The first-order valence-electron chi connectivity index (χ1n) is 5.77. The lowest BCUT2D eigenvalue weighted by molar-refractivity contribution is -0.769. The maximum atomic E-state index is 10.4. The molecule has 0 saturated carbocycles. The molecule has 4 atom stereocenters. The summed E-state index contributed by atoms with van der Waals surface area (Å²) in [7, 11) is 0. The van der Waals surface area contributed by atoms with Gasteiger partial charge < -0.3 is 30.1 Å². The van der Waals surface area contributed by atoms with Gasteiger partial charge in [-0.25, -0.2) is 4.79 Å². The fourth-order valence-corrected chi connectivity index (χ4v) is 2.16. The molecule has 0 spiro atoms. The van der Waals surface area contributed by atoms with Crippen LogP contribution in [0, 0.1) is 10.1 Å². The van der Waals surface area contributed by atoms with Crippen molar-refractivity contribution in [2.75, 3.05) is 26.4 Å². The van der Waals surface area contributed by atoms with Gasteiger partial charge in [0, 0.05) is 6.54 Å². The first-order chi connectivity index (χ1) is 9.08. The van der Waals surface area contributed by atoms with Gasteiger partial charge in [-0.15, -0.1) is 10.1 Å². The van der Waals surface area contributed by atoms with E-state index in [0.717, 1.165) is 0 Å². The third kappa shape index (κ3) is 3.43. The van der Waals surface area contributed by atoms with Crippen LogP contribution in [0.25, 0.3) is 0 Å². The fraction of sp³-hybridized carbons (Fsp3) is 0.889. The number of nitrogens with two attached hydrogens (primary N) is 1. The molecular formula is C9H15N3O7. The molecule has 10 nitrogen and oxygen atoms in total. The van der Waals surface area contributed by atoms with Gasteiger partial charge in [-0.05, 0) is 0 Å². The largest absolute Gasteiger partial charge is 0.371 e. The summed E-state index contributed by atoms with van der Waals surface area (Å²) in [6.45, 7) is 0.890. The molecule has 2 saturated heterocycles. The summed E-state index contributed by atoms with van der Waals surface area (Å²) in [5, 5.41) is 11.8. The van der Waals surface area contributed by atoms with Crippen LogP contribution in [0.3, 0.4) is 0 Å². The molecule has 2 amide bonds. The summed E-state index contributed by atoms with van der Waals surface area (Å²) in [6, 6.07) is -0.624. The zero-order chi connectivity index (χ0) is 13.8. The van der Waals surface area contributed by atoms with Crippen LogP contribution in [0.4, 0.5) is 4.79 Å². The standard InChI is InChI=1S/C9H15N3O7/c10-9(13)11-1-2-16-5-3-17-8-6(19-12(14)15)4-18-7(5)8/h5-8H,1-4H2,(H3,10,11,13)/t5-,6+,7-,8-/m1/s1. The van der Waals surface area contributed by atoms with Gasteiger partial charge in [-0.2, -0.15) is 0 Å². The molecule has 10 heteroatoms. The SMILES string of the molecule is NC(=O)NCCO[C@@H]1CO[C@H]2[C@@H]1OC[C@@H]2O[N+](=O)[O-]. The summed E-state index contributed by atoms with van der Waals surface area (Å²) >= 11 is 0. The number of primary amides is 1. The van der Waals surface area contributed by atoms with E-state index >= 15 is 0 Å². The molecule has 0 unspecified atom stereocenters. The molecule has 2 rings (SSSR count). The quantitative estimate of drug-likeness (QED) is 0.339. The van der Waals surface area contributed by atoms with E-state index in [-0.39, 0.29) is 32.5 Å². The Kier molecular flexibility index (Phi) is 4.35. The highest BCUT2D eigenvalue weighted by atomic mass is 17.0. The van der Waals surface area contributed by atoms with Crippen LogP contribution in [0.15, 0.2) is 0 Å². The summed E-state index contributed by atoms with van der Waals surface area (Å²) < 4.78 is 16.3. The third-order valence-corrected chi connectivity index (χ3v) is 2.92. The van der Waals surface area contributed by atoms with Crippen molar-refractivity contribution in [3.63, 3.8) is 0 Å². The van der Waals surface area contributed by atoms with E-state index in [4.69, 9.17) is 19.9 Å². The van der Waals surface area contributed by atoms with Crippen LogP contribution < -0.4 is 11.1 Å². The monoisotopic (exact) mass is 277 g/mol. The van der Waals surface area contributed by atoms with Crippen LogP contribution >= 0.6 is 0 Å². The highest BCUT2D eigenvalue weighted by molar-refractivity contribution is 5.71. The van der Waals surface area contributed by atoms with Gasteiger partial charge >= 0.3 is 6.03 Å². The van der Waals surface area contributed by atoms with E-state index < -0.39 is 29.4 Å². The summed E-state index contributed by atoms with van der Waals surface area (Å²) in [6.07, 6.45) is -1.95. The molecule has 19 heavy (non-hydrogen) atoms. The molecular weight excluding hydrogens is 262 g/mol. The maximum absolute atomic E-state index is 10.4. The zero-order valence-electron chi connectivity index (χ0n) is 10.0. The molecule has 0 aromatic carbocycles. The van der Waals surface area contributed by atoms with Crippen LogP contribution in [-0.4, -0.2) is 61.9 Å². The van der Waals surface area contributed by atoms with E-state index in [2.05, 4.69) is 10.2 Å². The molecule has 0 bridgehead atoms. The lowest BCUT2D eigenvalue weighted by Gasteiger charge is -2.16. The van der Waals surface area contributed by atoms with Crippen molar-refractivity contribution in [2.24, 2.45) is 5.73 Å². The van der Waals surface area contributed by atoms with Crippen LogP contribution in [-0.2, 0) is 19.0 Å². The van der Waals surface area contributed by atoms with Gasteiger partial charge in [0.15, 0.2) is 6.10 Å². The van der Waals surface area contributed by atoms with Crippen molar-refractivity contribution < 1.29 is 28.9 Å². The van der Waals surface area contributed by atoms with Crippen molar-refractivity contribution in [3.05, 3.63) is 10.1 Å². The Labute approximate surface area is 108 Å². The molecule has 108 valence electrons.